The van der Waals surface area contributed by atoms with Crippen LogP contribution < -0.4 is 4.90 Å². The molecule has 0 aromatic heterocycles. The number of sulfonamides is 1. The maximum absolute atomic E-state index is 12.4. The summed E-state index contributed by atoms with van der Waals surface area (Å²) in [6.07, 6.45) is 0. The first-order valence-corrected chi connectivity index (χ1v) is 7.26. The fourth-order valence-electron chi connectivity index (χ4n) is 2.01. The first-order chi connectivity index (χ1) is 8.26. The minimum absolute atomic E-state index is 0.297. The van der Waals surface area contributed by atoms with Crippen molar-refractivity contribution in [3.8, 4) is 0 Å². The standard InChI is InChI=1S/C13H18N2O2S/c1-9(2)11-6-7-12-13(8-11)18(16,17)15(5)10(3)14(12)4/h6-9H,3H2,1-2,4-5H3. The topological polar surface area (TPSA) is 40.6 Å². The van der Waals surface area contributed by atoms with Crippen molar-refractivity contribution in [3.05, 3.63) is 36.2 Å². The van der Waals surface area contributed by atoms with Gasteiger partial charge >= 0.3 is 0 Å². The van der Waals surface area contributed by atoms with Gasteiger partial charge in [-0.25, -0.2) is 8.42 Å². The average molecular weight is 266 g/mol. The molecule has 5 heteroatoms. The molecular weight excluding hydrogens is 248 g/mol. The molecule has 18 heavy (non-hydrogen) atoms. The maximum atomic E-state index is 12.4. The first kappa shape index (κ1) is 13.0. The van der Waals surface area contributed by atoms with Crippen molar-refractivity contribution in [1.29, 1.82) is 0 Å². The van der Waals surface area contributed by atoms with Gasteiger partial charge in [0.1, 0.15) is 10.7 Å². The molecule has 0 unspecified atom stereocenters. The van der Waals surface area contributed by atoms with E-state index in [1.54, 1.807) is 11.0 Å². The SMILES string of the molecule is C=C1N(C)c2ccc(C(C)C)cc2S(=O)(=O)N1C. The summed E-state index contributed by atoms with van der Waals surface area (Å²) >= 11 is 0. The molecular formula is C13H18N2O2S. The number of hydrogen-bond donors (Lipinski definition) is 0. The van der Waals surface area contributed by atoms with E-state index in [4.69, 9.17) is 0 Å². The number of hydrogen-bond acceptors (Lipinski definition) is 3. The van der Waals surface area contributed by atoms with Gasteiger partial charge in [0.25, 0.3) is 10.0 Å². The van der Waals surface area contributed by atoms with Crippen molar-refractivity contribution >= 4 is 15.7 Å². The van der Waals surface area contributed by atoms with E-state index < -0.39 is 10.0 Å². The monoisotopic (exact) mass is 266 g/mol. The van der Waals surface area contributed by atoms with E-state index in [0.717, 1.165) is 5.56 Å². The summed E-state index contributed by atoms with van der Waals surface area (Å²) in [5.74, 6) is 0.756. The lowest BCUT2D eigenvalue weighted by atomic mass is 10.0. The van der Waals surface area contributed by atoms with Crippen molar-refractivity contribution < 1.29 is 8.42 Å². The van der Waals surface area contributed by atoms with Gasteiger partial charge in [0, 0.05) is 14.1 Å². The second-order valence-corrected chi connectivity index (χ2v) is 6.77. The second kappa shape index (κ2) is 4.02. The number of nitrogens with zero attached hydrogens (tertiary/aromatic N) is 2. The Morgan fingerprint density at radius 3 is 2.39 bits per heavy atom. The Hall–Kier alpha value is -1.49. The molecule has 0 saturated carbocycles. The zero-order valence-corrected chi connectivity index (χ0v) is 12.0. The molecule has 0 aliphatic carbocycles. The molecule has 2 rings (SSSR count). The Morgan fingerprint density at radius 2 is 1.83 bits per heavy atom. The summed E-state index contributed by atoms with van der Waals surface area (Å²) in [5, 5.41) is 0. The predicted octanol–water partition coefficient (Wildman–Crippen LogP) is 2.35. The van der Waals surface area contributed by atoms with E-state index >= 15 is 0 Å². The summed E-state index contributed by atoms with van der Waals surface area (Å²) in [4.78, 5) is 2.15. The third kappa shape index (κ3) is 1.70. The molecule has 0 radical (unpaired) electrons. The highest BCUT2D eigenvalue weighted by Gasteiger charge is 2.33. The number of anilines is 1. The number of benzene rings is 1. The Balaban J connectivity index is 2.72. The second-order valence-electron chi connectivity index (χ2n) is 4.83. The van der Waals surface area contributed by atoms with Crippen LogP contribution >= 0.6 is 0 Å². The highest BCUT2D eigenvalue weighted by Crippen LogP contribution is 2.37. The fourth-order valence-corrected chi connectivity index (χ4v) is 3.46. The Labute approximate surface area is 109 Å². The van der Waals surface area contributed by atoms with Crippen LogP contribution in [0, 0.1) is 0 Å². The van der Waals surface area contributed by atoms with Crippen molar-refractivity contribution in [1.82, 2.24) is 4.31 Å². The first-order valence-electron chi connectivity index (χ1n) is 5.82. The van der Waals surface area contributed by atoms with Gasteiger partial charge in [-0.15, -0.1) is 0 Å². The molecule has 1 aromatic carbocycles. The molecule has 0 amide bonds. The van der Waals surface area contributed by atoms with E-state index in [1.165, 1.54) is 11.4 Å². The van der Waals surface area contributed by atoms with Gasteiger partial charge in [0.15, 0.2) is 0 Å². The highest BCUT2D eigenvalue weighted by atomic mass is 32.2. The molecule has 98 valence electrons. The lowest BCUT2D eigenvalue weighted by Crippen LogP contribution is -2.39. The molecule has 0 bridgehead atoms. The molecule has 0 saturated heterocycles. The van der Waals surface area contributed by atoms with Crippen molar-refractivity contribution in [2.45, 2.75) is 24.7 Å². The van der Waals surface area contributed by atoms with E-state index in [-0.39, 0.29) is 0 Å². The van der Waals surface area contributed by atoms with Gasteiger partial charge in [-0.3, -0.25) is 4.31 Å². The molecule has 4 nitrogen and oxygen atoms in total. The van der Waals surface area contributed by atoms with Crippen LogP contribution in [0.15, 0.2) is 35.5 Å². The fraction of sp³-hybridized carbons (Fsp3) is 0.385. The minimum Gasteiger partial charge on any atom is -0.330 e. The van der Waals surface area contributed by atoms with Crippen molar-refractivity contribution in [2.24, 2.45) is 0 Å². The summed E-state index contributed by atoms with van der Waals surface area (Å²) < 4.78 is 26.0. The van der Waals surface area contributed by atoms with E-state index in [0.29, 0.717) is 22.3 Å². The largest absolute Gasteiger partial charge is 0.330 e. The highest BCUT2D eigenvalue weighted by molar-refractivity contribution is 7.89. The predicted molar refractivity (Wildman–Crippen MR) is 73.0 cm³/mol. The van der Waals surface area contributed by atoms with Gasteiger partial charge in [0.2, 0.25) is 0 Å². The molecule has 1 aromatic rings. The maximum Gasteiger partial charge on any atom is 0.267 e. The molecule has 0 fully saturated rings. The van der Waals surface area contributed by atoms with Crippen LogP contribution in [0.5, 0.6) is 0 Å². The van der Waals surface area contributed by atoms with Gasteiger partial charge in [-0.2, -0.15) is 0 Å². The van der Waals surface area contributed by atoms with E-state index in [9.17, 15) is 8.42 Å². The van der Waals surface area contributed by atoms with Gasteiger partial charge in [0.05, 0.1) is 5.69 Å². The average Bonchev–Trinajstić information content (AvgIpc) is 2.33. The zero-order chi connectivity index (χ0) is 13.7. The molecule has 0 spiro atoms. The molecule has 1 aliphatic rings. The lowest BCUT2D eigenvalue weighted by Gasteiger charge is -2.36. The van der Waals surface area contributed by atoms with Crippen LogP contribution in [-0.4, -0.2) is 26.8 Å². The third-order valence-electron chi connectivity index (χ3n) is 3.40. The minimum atomic E-state index is -3.47. The van der Waals surface area contributed by atoms with Crippen molar-refractivity contribution in [3.63, 3.8) is 0 Å². The quantitative estimate of drug-likeness (QED) is 0.783. The third-order valence-corrected chi connectivity index (χ3v) is 5.22. The van der Waals surface area contributed by atoms with Crippen LogP contribution in [0.2, 0.25) is 0 Å². The lowest BCUT2D eigenvalue weighted by molar-refractivity contribution is 0.509. The van der Waals surface area contributed by atoms with E-state index in [2.05, 4.69) is 6.58 Å². The number of rotatable bonds is 1. The van der Waals surface area contributed by atoms with Gasteiger partial charge in [-0.1, -0.05) is 26.5 Å². The van der Waals surface area contributed by atoms with Gasteiger partial charge in [-0.05, 0) is 23.6 Å². The molecule has 0 atom stereocenters. The summed E-state index contributed by atoms with van der Waals surface area (Å²) in [5.41, 5.74) is 1.70. The zero-order valence-electron chi connectivity index (χ0n) is 11.1. The Kier molecular flexibility index (Phi) is 2.89. The van der Waals surface area contributed by atoms with Crippen molar-refractivity contribution in [2.75, 3.05) is 19.0 Å². The molecule has 0 N–H and O–H groups in total. The molecule has 1 heterocycles. The Morgan fingerprint density at radius 1 is 1.22 bits per heavy atom. The van der Waals surface area contributed by atoms with Gasteiger partial charge < -0.3 is 4.90 Å². The van der Waals surface area contributed by atoms with Crippen LogP contribution in [-0.2, 0) is 10.0 Å². The smallest absolute Gasteiger partial charge is 0.267 e. The Bertz CT molecular complexity index is 605. The van der Waals surface area contributed by atoms with Crippen LogP contribution in [0.4, 0.5) is 5.69 Å². The van der Waals surface area contributed by atoms with Crippen LogP contribution in [0.3, 0.4) is 0 Å². The van der Waals surface area contributed by atoms with Crippen LogP contribution in [0.25, 0.3) is 0 Å². The summed E-state index contributed by atoms with van der Waals surface area (Å²) in [6.45, 7) is 7.89. The summed E-state index contributed by atoms with van der Waals surface area (Å²) in [7, 11) is -0.119. The normalized spacial score (nSPS) is 18.2. The summed E-state index contributed by atoms with van der Waals surface area (Å²) in [6, 6.07) is 5.57. The van der Waals surface area contributed by atoms with E-state index in [1.807, 2.05) is 33.0 Å². The van der Waals surface area contributed by atoms with Crippen LogP contribution in [0.1, 0.15) is 25.3 Å². The molecule has 1 aliphatic heterocycles. The number of fused-ring (bicyclic) bond motifs is 1.